The van der Waals surface area contributed by atoms with E-state index in [1.54, 1.807) is 29.8 Å². The molecule has 10 nitrogen and oxygen atoms in total. The minimum Gasteiger partial charge on any atom is -0.497 e. The lowest BCUT2D eigenvalue weighted by Gasteiger charge is -2.59. The molecule has 1 saturated carbocycles. The summed E-state index contributed by atoms with van der Waals surface area (Å²) in [5.74, 6) is 0.987. The molecule has 3 aliphatic rings. The van der Waals surface area contributed by atoms with Crippen molar-refractivity contribution in [3.63, 3.8) is 0 Å². The largest absolute Gasteiger partial charge is 0.497 e. The van der Waals surface area contributed by atoms with Gasteiger partial charge in [-0.05, 0) is 130 Å². The maximum absolute atomic E-state index is 14.5. The highest BCUT2D eigenvalue weighted by atomic mass is 32.2. The Morgan fingerprint density at radius 2 is 1.73 bits per heavy atom. The molecule has 59 heavy (non-hydrogen) atoms. The molecule has 11 heteroatoms. The van der Waals surface area contributed by atoms with Crippen LogP contribution in [0.1, 0.15) is 82.8 Å². The predicted octanol–water partition coefficient (Wildman–Crippen LogP) is 9.34. The molecule has 318 valence electrons. The number of aliphatic hydroxyl groups excluding tert-OH is 2. The number of thioether (sulfide) groups is 1. The molecule has 2 aliphatic carbocycles. The van der Waals surface area contributed by atoms with Gasteiger partial charge in [-0.2, -0.15) is 0 Å². The van der Waals surface area contributed by atoms with Crippen LogP contribution < -0.4 is 14.2 Å². The lowest BCUT2D eigenvalue weighted by molar-refractivity contribution is -0.255. The monoisotopic (exact) mass is 826 g/mol. The Morgan fingerprint density at radius 3 is 2.41 bits per heavy atom. The molecule has 0 radical (unpaired) electrons. The molecule has 0 unspecified atom stereocenters. The van der Waals surface area contributed by atoms with E-state index in [-0.39, 0.29) is 49.9 Å². The zero-order valence-electron chi connectivity index (χ0n) is 35.5. The standard InChI is InChI=1S/C48H62N2O8S/c1-8-26-55-48-43(50(5)44(53)28-32-14-13-16-35(27-32)54-6)31-41(49-58-47(2,3)4)39-29-33(15-9-11-24-51)38(17-10-12-25-52)45(46(39)48)40-30-36(20-23-42(40)57-48)56-34-18-21-37(59-7)22-19-34/h8,13-14,16,18-23,27,29-30,33,38,43,45-46,51-52H,1,9-12,15,17,24-26,28,31H2,2-7H3/t33-,38+,43-,45+,46+,48+/m0/s1. The van der Waals surface area contributed by atoms with Crippen molar-refractivity contribution in [1.82, 2.24) is 4.90 Å². The number of carbonyl (C=O) groups excluding carboxylic acids is 1. The quantitative estimate of drug-likeness (QED) is 0.0528. The Morgan fingerprint density at radius 1 is 1.00 bits per heavy atom. The zero-order valence-corrected chi connectivity index (χ0v) is 36.3. The minimum absolute atomic E-state index is 0.0980. The van der Waals surface area contributed by atoms with Crippen molar-refractivity contribution in [3.8, 4) is 23.0 Å². The predicted molar refractivity (Wildman–Crippen MR) is 234 cm³/mol. The third-order valence-electron chi connectivity index (χ3n) is 11.7. The van der Waals surface area contributed by atoms with Crippen molar-refractivity contribution in [3.05, 3.63) is 102 Å². The minimum atomic E-state index is -1.33. The number of benzene rings is 3. The molecule has 3 aromatic rings. The van der Waals surface area contributed by atoms with E-state index in [2.05, 4.69) is 25.0 Å². The fraction of sp³-hybridized carbons (Fsp3) is 0.500. The first-order valence-corrected chi connectivity index (χ1v) is 22.1. The van der Waals surface area contributed by atoms with Crippen LogP contribution in [0.15, 0.2) is 101 Å². The van der Waals surface area contributed by atoms with Gasteiger partial charge >= 0.3 is 0 Å². The van der Waals surface area contributed by atoms with E-state index in [0.29, 0.717) is 36.5 Å². The van der Waals surface area contributed by atoms with Crippen LogP contribution in [0.25, 0.3) is 0 Å². The maximum Gasteiger partial charge on any atom is 0.239 e. The van der Waals surface area contributed by atoms with Crippen molar-refractivity contribution in [2.24, 2.45) is 22.9 Å². The molecule has 3 aromatic carbocycles. The number of carbonyl (C=O) groups is 1. The fourth-order valence-corrected chi connectivity index (χ4v) is 9.43. The summed E-state index contributed by atoms with van der Waals surface area (Å²) in [5, 5.41) is 24.7. The van der Waals surface area contributed by atoms with E-state index < -0.39 is 23.3 Å². The van der Waals surface area contributed by atoms with Crippen molar-refractivity contribution in [1.29, 1.82) is 0 Å². The summed E-state index contributed by atoms with van der Waals surface area (Å²) in [5.41, 5.74) is 3.01. The van der Waals surface area contributed by atoms with Crippen molar-refractivity contribution < 1.29 is 38.8 Å². The van der Waals surface area contributed by atoms with E-state index in [1.165, 1.54) is 0 Å². The van der Waals surface area contributed by atoms with Crippen LogP contribution in [0.4, 0.5) is 0 Å². The first-order valence-electron chi connectivity index (χ1n) is 20.9. The number of fused-ring (bicyclic) bond motifs is 2. The van der Waals surface area contributed by atoms with Gasteiger partial charge in [-0.25, -0.2) is 0 Å². The molecule has 1 heterocycles. The number of methoxy groups -OCH3 is 1. The molecule has 2 N–H and O–H groups in total. The molecule has 0 aromatic heterocycles. The summed E-state index contributed by atoms with van der Waals surface area (Å²) in [6, 6.07) is 21.0. The van der Waals surface area contributed by atoms with Gasteiger partial charge in [0.05, 0.1) is 31.8 Å². The topological polar surface area (TPSA) is 119 Å². The maximum atomic E-state index is 14.5. The van der Waals surface area contributed by atoms with Crippen LogP contribution in [-0.2, 0) is 20.8 Å². The first-order chi connectivity index (χ1) is 28.4. The number of hydrogen-bond donors (Lipinski definition) is 2. The average molecular weight is 827 g/mol. The SMILES string of the molecule is C=CCO[C@@]12Oc3ccc(Oc4ccc(SC)cc4)cc3[C@H]3[C@H](CCCCO)[C@@H](CCCCO)C=C(C(=NOC(C)(C)C)C[C@@H]1N(C)C(=O)Cc1cccc(OC)c1)[C@H]32. The summed E-state index contributed by atoms with van der Waals surface area (Å²) < 4.78 is 26.4. The van der Waals surface area contributed by atoms with Gasteiger partial charge in [0.1, 0.15) is 34.6 Å². The van der Waals surface area contributed by atoms with E-state index in [9.17, 15) is 15.0 Å². The van der Waals surface area contributed by atoms with Crippen molar-refractivity contribution >= 4 is 23.4 Å². The highest BCUT2D eigenvalue weighted by Gasteiger charge is 2.65. The van der Waals surface area contributed by atoms with Crippen LogP contribution in [-0.4, -0.2) is 84.4 Å². The first kappa shape index (κ1) is 44.3. The third-order valence-corrected chi connectivity index (χ3v) is 12.5. The van der Waals surface area contributed by atoms with E-state index in [0.717, 1.165) is 58.7 Å². The lowest BCUT2D eigenvalue weighted by atomic mass is 9.55. The molecule has 6 atom stereocenters. The van der Waals surface area contributed by atoms with Gasteiger partial charge in [-0.3, -0.25) is 4.79 Å². The number of oxime groups is 1. The average Bonchev–Trinajstić information content (AvgIpc) is 3.23. The summed E-state index contributed by atoms with van der Waals surface area (Å²) in [6.45, 7) is 10.4. The number of amides is 1. The number of ether oxygens (including phenoxy) is 4. The van der Waals surface area contributed by atoms with Gasteiger partial charge in [0.15, 0.2) is 0 Å². The van der Waals surface area contributed by atoms with Crippen LogP contribution in [0, 0.1) is 17.8 Å². The van der Waals surface area contributed by atoms with Crippen LogP contribution in [0.5, 0.6) is 23.0 Å². The molecule has 0 spiro atoms. The number of allylic oxidation sites excluding steroid dienone is 1. The molecule has 0 saturated heterocycles. The number of rotatable bonds is 19. The third kappa shape index (κ3) is 10.2. The normalized spacial score (nSPS) is 24.0. The number of aliphatic hydroxyl groups is 2. The smallest absolute Gasteiger partial charge is 0.239 e. The van der Waals surface area contributed by atoms with Crippen molar-refractivity contribution in [2.45, 2.75) is 100 Å². The van der Waals surface area contributed by atoms with Gasteiger partial charge in [0.25, 0.3) is 0 Å². The van der Waals surface area contributed by atoms with Gasteiger partial charge in [-0.15, -0.1) is 18.3 Å². The van der Waals surface area contributed by atoms with E-state index in [1.807, 2.05) is 88.5 Å². The number of hydrogen-bond acceptors (Lipinski definition) is 10. The zero-order chi connectivity index (χ0) is 42.2. The molecule has 1 fully saturated rings. The molecule has 1 amide bonds. The summed E-state index contributed by atoms with van der Waals surface area (Å²) >= 11 is 1.68. The van der Waals surface area contributed by atoms with Gasteiger partial charge in [0, 0.05) is 43.1 Å². The molecule has 6 rings (SSSR count). The molecule has 0 bridgehead atoms. The Hall–Kier alpha value is -4.29. The Bertz CT molecular complexity index is 1960. The summed E-state index contributed by atoms with van der Waals surface area (Å²) in [6.07, 6.45) is 11.4. The highest BCUT2D eigenvalue weighted by Crippen LogP contribution is 2.62. The van der Waals surface area contributed by atoms with Gasteiger partial charge in [0.2, 0.25) is 11.7 Å². The number of nitrogens with zero attached hydrogens (tertiary/aromatic N) is 2. The van der Waals surface area contributed by atoms with E-state index >= 15 is 0 Å². The second-order valence-electron chi connectivity index (χ2n) is 16.8. The fourth-order valence-electron chi connectivity index (χ4n) is 9.02. The van der Waals surface area contributed by atoms with Gasteiger partial charge < -0.3 is 38.9 Å². The Balaban J connectivity index is 1.55. The second-order valence-corrected chi connectivity index (χ2v) is 17.7. The van der Waals surface area contributed by atoms with Crippen LogP contribution >= 0.6 is 11.8 Å². The summed E-state index contributed by atoms with van der Waals surface area (Å²) in [4.78, 5) is 23.7. The van der Waals surface area contributed by atoms with E-state index in [4.69, 9.17) is 28.9 Å². The number of likely N-dealkylation sites (N-methyl/N-ethyl adjacent to an activating group) is 1. The van der Waals surface area contributed by atoms with Crippen molar-refractivity contribution in [2.75, 3.05) is 40.2 Å². The second kappa shape index (κ2) is 19.8. The molecule has 1 aliphatic heterocycles. The highest BCUT2D eigenvalue weighted by molar-refractivity contribution is 7.98. The molecular weight excluding hydrogens is 765 g/mol. The number of unbranched alkanes of at least 4 members (excludes halogenated alkanes) is 2. The summed E-state index contributed by atoms with van der Waals surface area (Å²) in [7, 11) is 3.45. The van der Waals surface area contributed by atoms with Crippen LogP contribution in [0.3, 0.4) is 0 Å². The lowest BCUT2D eigenvalue weighted by Crippen LogP contribution is -2.69. The Kier molecular flexibility index (Phi) is 14.9. The Labute approximate surface area is 354 Å². The van der Waals surface area contributed by atoms with Crippen LogP contribution in [0.2, 0.25) is 0 Å². The molecular formula is C48H62N2O8S. The van der Waals surface area contributed by atoms with Gasteiger partial charge in [-0.1, -0.05) is 42.3 Å².